The van der Waals surface area contributed by atoms with Gasteiger partial charge < -0.3 is 13.8 Å². The molecule has 24 heavy (non-hydrogen) atoms. The van der Waals surface area contributed by atoms with Crippen LogP contribution in [0.15, 0.2) is 35.2 Å². The van der Waals surface area contributed by atoms with Crippen molar-refractivity contribution in [3.8, 4) is 22.7 Å². The molecule has 4 rings (SSSR count). The molecule has 1 aromatic carbocycles. The van der Waals surface area contributed by atoms with E-state index in [-0.39, 0.29) is 5.78 Å². The number of nitrogens with zero attached hydrogens (tertiary/aromatic N) is 3. The molecule has 3 aromatic rings. The number of imidazole rings is 1. The van der Waals surface area contributed by atoms with Crippen molar-refractivity contribution < 1.29 is 14.1 Å². The van der Waals surface area contributed by atoms with Crippen LogP contribution in [-0.2, 0) is 6.42 Å². The standard InChI is InChI=1S/C18H17N3O3/c1-11-9-21(10-19-11)14-7-6-12(8-16(14)23-2)17-13-4-3-5-15(22)18(13)24-20-17/h6-10H,3-5H2,1-2H3. The Morgan fingerprint density at radius 2 is 2.17 bits per heavy atom. The Morgan fingerprint density at radius 1 is 1.29 bits per heavy atom. The third-order valence-corrected chi connectivity index (χ3v) is 4.32. The predicted octanol–water partition coefficient (Wildman–Crippen LogP) is 3.36. The highest BCUT2D eigenvalue weighted by Gasteiger charge is 2.26. The van der Waals surface area contributed by atoms with Gasteiger partial charge in [-0.3, -0.25) is 4.79 Å². The molecule has 0 saturated heterocycles. The van der Waals surface area contributed by atoms with Crippen LogP contribution in [-0.4, -0.2) is 27.6 Å². The second kappa shape index (κ2) is 5.63. The molecule has 0 spiro atoms. The van der Waals surface area contributed by atoms with E-state index < -0.39 is 0 Å². The zero-order valence-corrected chi connectivity index (χ0v) is 13.6. The third-order valence-electron chi connectivity index (χ3n) is 4.32. The highest BCUT2D eigenvalue weighted by molar-refractivity contribution is 5.97. The van der Waals surface area contributed by atoms with Crippen LogP contribution in [0.1, 0.15) is 34.7 Å². The molecule has 0 atom stereocenters. The van der Waals surface area contributed by atoms with Gasteiger partial charge in [-0.05, 0) is 31.9 Å². The summed E-state index contributed by atoms with van der Waals surface area (Å²) in [7, 11) is 1.63. The predicted molar refractivity (Wildman–Crippen MR) is 87.6 cm³/mol. The molecule has 0 radical (unpaired) electrons. The topological polar surface area (TPSA) is 70.2 Å². The molecule has 1 aliphatic carbocycles. The average molecular weight is 323 g/mol. The zero-order chi connectivity index (χ0) is 16.7. The summed E-state index contributed by atoms with van der Waals surface area (Å²) in [6.45, 7) is 1.94. The highest BCUT2D eigenvalue weighted by atomic mass is 16.5. The molecule has 0 bridgehead atoms. The summed E-state index contributed by atoms with van der Waals surface area (Å²) >= 11 is 0. The Bertz CT molecular complexity index is 923. The summed E-state index contributed by atoms with van der Waals surface area (Å²) in [5.74, 6) is 1.15. The van der Waals surface area contributed by atoms with Gasteiger partial charge in [-0.2, -0.15) is 0 Å². The minimum Gasteiger partial charge on any atom is -0.495 e. The van der Waals surface area contributed by atoms with Crippen LogP contribution in [0.4, 0.5) is 0 Å². The number of carbonyl (C=O) groups is 1. The largest absolute Gasteiger partial charge is 0.495 e. The lowest BCUT2D eigenvalue weighted by Crippen LogP contribution is -2.08. The van der Waals surface area contributed by atoms with E-state index in [2.05, 4.69) is 10.1 Å². The Labute approximate surface area is 139 Å². The van der Waals surface area contributed by atoms with Crippen molar-refractivity contribution in [2.45, 2.75) is 26.2 Å². The first-order valence-electron chi connectivity index (χ1n) is 7.88. The number of methoxy groups -OCH3 is 1. The second-order valence-corrected chi connectivity index (χ2v) is 5.92. The fourth-order valence-electron chi connectivity index (χ4n) is 3.12. The number of fused-ring (bicyclic) bond motifs is 1. The smallest absolute Gasteiger partial charge is 0.206 e. The molecule has 122 valence electrons. The number of aromatic nitrogens is 3. The molecule has 6 nitrogen and oxygen atoms in total. The maximum Gasteiger partial charge on any atom is 0.206 e. The van der Waals surface area contributed by atoms with Gasteiger partial charge in [0, 0.05) is 23.7 Å². The van der Waals surface area contributed by atoms with E-state index in [1.54, 1.807) is 13.4 Å². The normalized spacial score (nSPS) is 13.8. The number of hydrogen-bond acceptors (Lipinski definition) is 5. The average Bonchev–Trinajstić information content (AvgIpc) is 3.21. The van der Waals surface area contributed by atoms with Gasteiger partial charge in [0.1, 0.15) is 11.4 Å². The van der Waals surface area contributed by atoms with Gasteiger partial charge in [0.05, 0.1) is 24.8 Å². The molecule has 0 unspecified atom stereocenters. The fraction of sp³-hybridized carbons (Fsp3) is 0.278. The minimum absolute atomic E-state index is 0.0347. The van der Waals surface area contributed by atoms with Crippen LogP contribution in [0.25, 0.3) is 16.9 Å². The van der Waals surface area contributed by atoms with E-state index in [4.69, 9.17) is 9.26 Å². The molecule has 0 aliphatic heterocycles. The first-order valence-corrected chi connectivity index (χ1v) is 7.88. The summed E-state index contributed by atoms with van der Waals surface area (Å²) < 4.78 is 12.7. The van der Waals surface area contributed by atoms with Gasteiger partial charge in [-0.1, -0.05) is 11.2 Å². The summed E-state index contributed by atoms with van der Waals surface area (Å²) in [4.78, 5) is 16.2. The molecule has 1 aliphatic rings. The van der Waals surface area contributed by atoms with Gasteiger partial charge in [0.25, 0.3) is 0 Å². The lowest BCUT2D eigenvalue weighted by atomic mass is 9.93. The highest BCUT2D eigenvalue weighted by Crippen LogP contribution is 2.34. The first kappa shape index (κ1) is 14.7. The minimum atomic E-state index is 0.0347. The molecule has 2 aromatic heterocycles. The molecule has 0 saturated carbocycles. The van der Waals surface area contributed by atoms with Crippen molar-refractivity contribution in [1.82, 2.24) is 14.7 Å². The number of Topliss-reactive ketones (excluding diaryl/α,β-unsaturated/α-hetero) is 1. The second-order valence-electron chi connectivity index (χ2n) is 5.92. The lowest BCUT2D eigenvalue weighted by molar-refractivity contribution is 0.0935. The van der Waals surface area contributed by atoms with Crippen LogP contribution in [0.5, 0.6) is 5.75 Å². The Kier molecular flexibility index (Phi) is 3.45. The zero-order valence-electron chi connectivity index (χ0n) is 13.6. The van der Waals surface area contributed by atoms with Crippen LogP contribution in [0.2, 0.25) is 0 Å². The Hall–Kier alpha value is -2.89. The van der Waals surface area contributed by atoms with Gasteiger partial charge in [-0.25, -0.2) is 4.98 Å². The number of hydrogen-bond donors (Lipinski definition) is 0. The molecule has 0 fully saturated rings. The van der Waals surface area contributed by atoms with Crippen molar-refractivity contribution in [1.29, 1.82) is 0 Å². The molecular weight excluding hydrogens is 306 g/mol. The molecule has 6 heteroatoms. The van der Waals surface area contributed by atoms with Gasteiger partial charge in [0.2, 0.25) is 11.5 Å². The lowest BCUT2D eigenvalue weighted by Gasteiger charge is -2.12. The van der Waals surface area contributed by atoms with Crippen LogP contribution in [0.3, 0.4) is 0 Å². The molecule has 0 N–H and O–H groups in total. The number of carbonyl (C=O) groups excluding carboxylic acids is 1. The Balaban J connectivity index is 1.79. The maximum atomic E-state index is 11.9. The quantitative estimate of drug-likeness (QED) is 0.739. The number of benzene rings is 1. The van der Waals surface area contributed by atoms with Crippen molar-refractivity contribution in [2.24, 2.45) is 0 Å². The molecular formula is C18H17N3O3. The Morgan fingerprint density at radius 3 is 2.92 bits per heavy atom. The van der Waals surface area contributed by atoms with E-state index >= 15 is 0 Å². The fourth-order valence-corrected chi connectivity index (χ4v) is 3.12. The van der Waals surface area contributed by atoms with Gasteiger partial charge in [-0.15, -0.1) is 0 Å². The van der Waals surface area contributed by atoms with Crippen molar-refractivity contribution in [3.05, 3.63) is 47.7 Å². The van der Waals surface area contributed by atoms with Crippen molar-refractivity contribution in [2.75, 3.05) is 7.11 Å². The van der Waals surface area contributed by atoms with Crippen LogP contribution in [0, 0.1) is 6.92 Å². The van der Waals surface area contributed by atoms with Crippen LogP contribution >= 0.6 is 0 Å². The van der Waals surface area contributed by atoms with E-state index in [9.17, 15) is 4.79 Å². The number of ether oxygens (including phenoxy) is 1. The number of ketones is 1. The summed E-state index contributed by atoms with van der Waals surface area (Å²) in [5, 5.41) is 4.13. The van der Waals surface area contributed by atoms with E-state index in [0.29, 0.717) is 17.9 Å². The van der Waals surface area contributed by atoms with E-state index in [1.807, 2.05) is 35.9 Å². The number of aryl methyl sites for hydroxylation is 1. The number of rotatable bonds is 3. The van der Waals surface area contributed by atoms with E-state index in [0.717, 1.165) is 41.0 Å². The summed E-state index contributed by atoms with van der Waals surface area (Å²) in [6, 6.07) is 5.84. The molecule has 2 heterocycles. The van der Waals surface area contributed by atoms with Gasteiger partial charge >= 0.3 is 0 Å². The summed E-state index contributed by atoms with van der Waals surface area (Å²) in [5.41, 5.74) is 4.34. The maximum absolute atomic E-state index is 11.9. The SMILES string of the molecule is COc1cc(-c2noc3c2CCCC3=O)ccc1-n1cnc(C)c1. The van der Waals surface area contributed by atoms with Crippen molar-refractivity contribution >= 4 is 5.78 Å². The summed E-state index contributed by atoms with van der Waals surface area (Å²) in [6.07, 6.45) is 5.87. The van der Waals surface area contributed by atoms with Crippen LogP contribution < -0.4 is 4.74 Å². The van der Waals surface area contributed by atoms with Crippen molar-refractivity contribution in [3.63, 3.8) is 0 Å². The van der Waals surface area contributed by atoms with E-state index in [1.165, 1.54) is 0 Å². The van der Waals surface area contributed by atoms with Gasteiger partial charge in [0.15, 0.2) is 0 Å². The monoisotopic (exact) mass is 323 g/mol. The first-order chi connectivity index (χ1) is 11.7. The molecule has 0 amide bonds. The third kappa shape index (κ3) is 2.31.